The lowest BCUT2D eigenvalue weighted by molar-refractivity contribution is 0.0725. The van der Waals surface area contributed by atoms with Gasteiger partial charge >= 0.3 is 0 Å². The highest BCUT2D eigenvalue weighted by atomic mass is 16.5. The van der Waals surface area contributed by atoms with Gasteiger partial charge in [0.15, 0.2) is 0 Å². The number of phenols is 2. The molecule has 9 heteroatoms. The van der Waals surface area contributed by atoms with Crippen molar-refractivity contribution in [2.45, 2.75) is 32.0 Å². The predicted molar refractivity (Wildman–Crippen MR) is 124 cm³/mol. The van der Waals surface area contributed by atoms with Crippen molar-refractivity contribution in [2.75, 3.05) is 25.1 Å². The second kappa shape index (κ2) is 9.56. The van der Waals surface area contributed by atoms with Crippen LogP contribution in [0, 0.1) is 0 Å². The van der Waals surface area contributed by atoms with Crippen molar-refractivity contribution in [3.05, 3.63) is 71.2 Å². The summed E-state index contributed by atoms with van der Waals surface area (Å²) in [6.45, 7) is 2.25. The zero-order valence-electron chi connectivity index (χ0n) is 18.6. The molecule has 1 atom stereocenters. The number of ether oxygens (including phenoxy) is 2. The summed E-state index contributed by atoms with van der Waals surface area (Å²) in [7, 11) is 0. The molecule has 1 aromatic heterocycles. The number of nitrogens with zero attached hydrogens (tertiary/aromatic N) is 3. The molecular weight excluding hydrogens is 436 g/mol. The molecule has 0 aliphatic carbocycles. The number of hydrogen-bond acceptors (Lipinski definition) is 8. The maximum absolute atomic E-state index is 13.6. The van der Waals surface area contributed by atoms with Gasteiger partial charge in [-0.3, -0.25) is 4.79 Å². The van der Waals surface area contributed by atoms with E-state index in [-0.39, 0.29) is 41.4 Å². The van der Waals surface area contributed by atoms with Crippen LogP contribution >= 0.6 is 0 Å². The van der Waals surface area contributed by atoms with Gasteiger partial charge in [-0.25, -0.2) is 9.97 Å². The topological polar surface area (TPSA) is 117 Å². The third-order valence-corrected chi connectivity index (χ3v) is 6.08. The van der Waals surface area contributed by atoms with E-state index >= 15 is 0 Å². The number of hydrogen-bond donors (Lipinski definition) is 3. The van der Waals surface area contributed by atoms with Crippen LogP contribution in [0.25, 0.3) is 0 Å². The van der Waals surface area contributed by atoms with Gasteiger partial charge < -0.3 is 29.9 Å². The molecule has 3 heterocycles. The highest BCUT2D eigenvalue weighted by Gasteiger charge is 2.30. The van der Waals surface area contributed by atoms with E-state index in [1.54, 1.807) is 4.90 Å². The van der Waals surface area contributed by atoms with E-state index < -0.39 is 0 Å². The lowest BCUT2D eigenvalue weighted by Gasteiger charge is -2.30. The maximum Gasteiger partial charge on any atom is 0.261 e. The fraction of sp³-hybridized carbons (Fsp3) is 0.320. The zero-order valence-corrected chi connectivity index (χ0v) is 18.6. The summed E-state index contributed by atoms with van der Waals surface area (Å²) in [6, 6.07) is 12.2. The van der Waals surface area contributed by atoms with Crippen molar-refractivity contribution in [2.24, 2.45) is 0 Å². The number of anilines is 1. The zero-order chi connectivity index (χ0) is 23.5. The number of carbonyl (C=O) groups excluding carboxylic acids is 1. The van der Waals surface area contributed by atoms with Crippen LogP contribution in [0.15, 0.2) is 48.8 Å². The Labute approximate surface area is 197 Å². The normalized spacial score (nSPS) is 17.3. The molecule has 0 spiro atoms. The Morgan fingerprint density at radius 2 is 2.06 bits per heavy atom. The average Bonchev–Trinajstić information content (AvgIpc) is 3.36. The van der Waals surface area contributed by atoms with E-state index in [0.717, 1.165) is 29.3 Å². The molecule has 2 aliphatic rings. The van der Waals surface area contributed by atoms with Gasteiger partial charge in [0, 0.05) is 37.3 Å². The first kappa shape index (κ1) is 22.0. The second-order valence-corrected chi connectivity index (χ2v) is 8.44. The Morgan fingerprint density at radius 3 is 2.85 bits per heavy atom. The molecule has 0 bridgehead atoms. The smallest absolute Gasteiger partial charge is 0.261 e. The van der Waals surface area contributed by atoms with E-state index in [9.17, 15) is 15.0 Å². The summed E-state index contributed by atoms with van der Waals surface area (Å²) in [6.07, 6.45) is 3.00. The van der Waals surface area contributed by atoms with Crippen molar-refractivity contribution in [3.8, 4) is 17.2 Å². The first-order valence-electron chi connectivity index (χ1n) is 11.3. The number of fused-ring (bicyclic) bond motifs is 1. The minimum Gasteiger partial charge on any atom is -0.508 e. The highest BCUT2D eigenvalue weighted by Crippen LogP contribution is 2.36. The maximum atomic E-state index is 13.6. The fourth-order valence-electron chi connectivity index (χ4n) is 4.29. The number of amides is 1. The van der Waals surface area contributed by atoms with Crippen molar-refractivity contribution in [1.82, 2.24) is 14.9 Å². The molecule has 5 rings (SSSR count). The molecule has 9 nitrogen and oxygen atoms in total. The molecule has 1 saturated heterocycles. The number of aromatic hydroxyl groups is 2. The first-order chi connectivity index (χ1) is 16.6. The van der Waals surface area contributed by atoms with Gasteiger partial charge in [-0.2, -0.15) is 0 Å². The Kier molecular flexibility index (Phi) is 6.18. The van der Waals surface area contributed by atoms with Crippen molar-refractivity contribution in [3.63, 3.8) is 0 Å². The van der Waals surface area contributed by atoms with Gasteiger partial charge in [0.1, 0.15) is 41.6 Å². The van der Waals surface area contributed by atoms with E-state index in [1.165, 1.54) is 12.4 Å². The van der Waals surface area contributed by atoms with Gasteiger partial charge in [-0.1, -0.05) is 30.3 Å². The van der Waals surface area contributed by atoms with Crippen LogP contribution in [0.3, 0.4) is 0 Å². The molecule has 0 saturated carbocycles. The fourth-order valence-corrected chi connectivity index (χ4v) is 4.29. The summed E-state index contributed by atoms with van der Waals surface area (Å²) in [5, 5.41) is 24.0. The summed E-state index contributed by atoms with van der Waals surface area (Å²) in [4.78, 5) is 24.0. The summed E-state index contributed by atoms with van der Waals surface area (Å²) >= 11 is 0. The average molecular weight is 463 g/mol. The molecular formula is C25H26N4O5. The second-order valence-electron chi connectivity index (χ2n) is 8.44. The quantitative estimate of drug-likeness (QED) is 0.512. The van der Waals surface area contributed by atoms with Gasteiger partial charge in [-0.05, 0) is 12.0 Å². The number of rotatable bonds is 6. The highest BCUT2D eigenvalue weighted by molar-refractivity contribution is 6.00. The van der Waals surface area contributed by atoms with Crippen molar-refractivity contribution < 1.29 is 24.5 Å². The van der Waals surface area contributed by atoms with Gasteiger partial charge in [0.2, 0.25) is 0 Å². The van der Waals surface area contributed by atoms with Crippen molar-refractivity contribution in [1.29, 1.82) is 0 Å². The molecule has 2 aliphatic heterocycles. The molecule has 2 aromatic carbocycles. The standard InChI is InChI=1S/C25H26N4O5/c30-18-10-21(31)23(22(11-18)34-13-16-4-2-1-3-5-16)25(32)29-8-6-20-19(12-29)24(27-15-26-20)28-17-7-9-33-14-17/h1-5,10-11,15,17,30-31H,6-9,12-14H2,(H,26,27,28)/t17-/m0/s1. The lowest BCUT2D eigenvalue weighted by atomic mass is 10.0. The van der Waals surface area contributed by atoms with Crippen LogP contribution in [0.1, 0.15) is 33.6 Å². The molecule has 0 unspecified atom stereocenters. The number of phenolic OH excluding ortho intramolecular Hbond substituents is 2. The SMILES string of the molecule is O=C(c1c(O)cc(O)cc1OCc1ccccc1)N1CCc2ncnc(N[C@H]3CCOC3)c2C1. The van der Waals surface area contributed by atoms with Gasteiger partial charge in [-0.15, -0.1) is 0 Å². The minimum absolute atomic E-state index is 0.0210. The lowest BCUT2D eigenvalue weighted by Crippen LogP contribution is -2.37. The summed E-state index contributed by atoms with van der Waals surface area (Å²) in [5.41, 5.74) is 2.68. The minimum atomic E-state index is -0.384. The molecule has 3 aromatic rings. The van der Waals surface area contributed by atoms with Crippen LogP contribution in [0.2, 0.25) is 0 Å². The molecule has 34 heavy (non-hydrogen) atoms. The van der Waals surface area contributed by atoms with Crippen molar-refractivity contribution >= 4 is 11.7 Å². The number of nitrogens with one attached hydrogen (secondary N) is 1. The molecule has 0 radical (unpaired) electrons. The Morgan fingerprint density at radius 1 is 1.21 bits per heavy atom. The molecule has 3 N–H and O–H groups in total. The van der Waals surface area contributed by atoms with Gasteiger partial charge in [0.25, 0.3) is 5.91 Å². The predicted octanol–water partition coefficient (Wildman–Crippen LogP) is 2.87. The molecule has 1 fully saturated rings. The third-order valence-electron chi connectivity index (χ3n) is 6.08. The van der Waals surface area contributed by atoms with Crippen LogP contribution in [0.4, 0.5) is 5.82 Å². The van der Waals surface area contributed by atoms with E-state index in [0.29, 0.717) is 38.5 Å². The first-order valence-corrected chi connectivity index (χ1v) is 11.3. The Bertz CT molecular complexity index is 1180. The summed E-state index contributed by atoms with van der Waals surface area (Å²) in [5.74, 6) is -0.0639. The Balaban J connectivity index is 1.39. The van der Waals surface area contributed by atoms with E-state index in [1.807, 2.05) is 30.3 Å². The van der Waals surface area contributed by atoms with Crippen LogP contribution in [-0.4, -0.2) is 56.8 Å². The molecule has 176 valence electrons. The van der Waals surface area contributed by atoms with Crippen LogP contribution < -0.4 is 10.1 Å². The number of aromatic nitrogens is 2. The summed E-state index contributed by atoms with van der Waals surface area (Å²) < 4.78 is 11.3. The number of benzene rings is 2. The van der Waals surface area contributed by atoms with E-state index in [2.05, 4.69) is 15.3 Å². The third kappa shape index (κ3) is 4.60. The Hall–Kier alpha value is -3.85. The monoisotopic (exact) mass is 462 g/mol. The van der Waals surface area contributed by atoms with E-state index in [4.69, 9.17) is 9.47 Å². The van der Waals surface area contributed by atoms with Gasteiger partial charge in [0.05, 0.1) is 24.9 Å². The largest absolute Gasteiger partial charge is 0.508 e. The van der Waals surface area contributed by atoms with Crippen LogP contribution in [-0.2, 0) is 24.3 Å². The van der Waals surface area contributed by atoms with Crippen LogP contribution in [0.5, 0.6) is 17.2 Å². The number of carbonyl (C=O) groups is 1. The molecule has 1 amide bonds.